The van der Waals surface area contributed by atoms with Crippen LogP contribution in [0.15, 0.2) is 48.7 Å². The molecule has 2 amide bonds. The fourth-order valence-electron chi connectivity index (χ4n) is 4.49. The second-order valence-corrected chi connectivity index (χ2v) is 7.74. The van der Waals surface area contributed by atoms with Crippen LogP contribution in [-0.4, -0.2) is 45.9 Å². The second kappa shape index (κ2) is 6.48. The zero-order valence-electron chi connectivity index (χ0n) is 15.8. The number of carbonyl (C=O) groups excluding carboxylic acids is 2. The van der Waals surface area contributed by atoms with E-state index in [1.165, 1.54) is 0 Å². The first-order valence-electron chi connectivity index (χ1n) is 9.70. The van der Waals surface area contributed by atoms with Crippen molar-refractivity contribution in [1.82, 2.24) is 19.8 Å². The third-order valence-corrected chi connectivity index (χ3v) is 6.03. The average molecular weight is 374 g/mol. The minimum absolute atomic E-state index is 0.00103. The summed E-state index contributed by atoms with van der Waals surface area (Å²) in [4.78, 5) is 31.9. The molecule has 0 bridgehead atoms. The molecule has 2 fully saturated rings. The topological polar surface area (TPSA) is 67.2 Å². The number of hydrogen-bond acceptors (Lipinski definition) is 3. The highest BCUT2D eigenvalue weighted by atomic mass is 16.2. The first kappa shape index (κ1) is 17.0. The molecule has 2 aromatic heterocycles. The molecule has 2 aliphatic heterocycles. The van der Waals surface area contributed by atoms with Gasteiger partial charge in [0.25, 0.3) is 5.91 Å². The number of piperidine rings is 1. The van der Waals surface area contributed by atoms with Crippen LogP contribution in [0.3, 0.4) is 0 Å². The molecule has 3 aromatic rings. The minimum atomic E-state index is 0.00103. The van der Waals surface area contributed by atoms with Gasteiger partial charge in [-0.05, 0) is 18.6 Å². The number of fused-ring (bicyclic) bond motifs is 2. The molecular formula is C22H22N4O2. The van der Waals surface area contributed by atoms with Crippen LogP contribution in [0.1, 0.15) is 16.8 Å². The summed E-state index contributed by atoms with van der Waals surface area (Å²) in [7, 11) is 1.94. The lowest BCUT2D eigenvalue weighted by atomic mass is 9.88. The van der Waals surface area contributed by atoms with Gasteiger partial charge in [0.2, 0.25) is 5.91 Å². The molecule has 2 saturated heterocycles. The highest BCUT2D eigenvalue weighted by molar-refractivity contribution is 6.06. The molecule has 0 unspecified atom stereocenters. The van der Waals surface area contributed by atoms with E-state index < -0.39 is 0 Å². The summed E-state index contributed by atoms with van der Waals surface area (Å²) in [6, 6.07) is 14.0. The van der Waals surface area contributed by atoms with Crippen molar-refractivity contribution >= 4 is 22.8 Å². The third-order valence-electron chi connectivity index (χ3n) is 6.03. The first-order valence-corrected chi connectivity index (χ1v) is 9.70. The molecule has 6 heteroatoms. The van der Waals surface area contributed by atoms with Gasteiger partial charge in [0.15, 0.2) is 0 Å². The molecule has 28 heavy (non-hydrogen) atoms. The quantitative estimate of drug-likeness (QED) is 0.749. The summed E-state index contributed by atoms with van der Waals surface area (Å²) in [6.45, 7) is 1.90. The van der Waals surface area contributed by atoms with Crippen LogP contribution in [0.25, 0.3) is 22.3 Å². The molecule has 0 aliphatic carbocycles. The largest absolute Gasteiger partial charge is 0.355 e. The molecule has 0 saturated carbocycles. The van der Waals surface area contributed by atoms with Gasteiger partial charge in [-0.2, -0.15) is 0 Å². The number of benzene rings is 1. The fraction of sp³-hybridized carbons (Fsp3) is 0.318. The second-order valence-electron chi connectivity index (χ2n) is 7.74. The molecule has 1 aromatic carbocycles. The van der Waals surface area contributed by atoms with Crippen molar-refractivity contribution in [3.8, 4) is 11.3 Å². The molecule has 1 N–H and O–H groups in total. The summed E-state index contributed by atoms with van der Waals surface area (Å²) >= 11 is 0. The molecule has 5 rings (SSSR count). The van der Waals surface area contributed by atoms with Crippen LogP contribution in [0.2, 0.25) is 0 Å². The van der Waals surface area contributed by atoms with Crippen molar-refractivity contribution in [3.63, 3.8) is 0 Å². The lowest BCUT2D eigenvalue weighted by Crippen LogP contribution is -2.44. The van der Waals surface area contributed by atoms with Gasteiger partial charge in [-0.3, -0.25) is 9.59 Å². The van der Waals surface area contributed by atoms with Crippen LogP contribution in [0.5, 0.6) is 0 Å². The molecule has 2 atom stereocenters. The molecular weight excluding hydrogens is 352 g/mol. The Bertz CT molecular complexity index is 1070. The highest BCUT2D eigenvalue weighted by Crippen LogP contribution is 2.30. The molecule has 6 nitrogen and oxygen atoms in total. The van der Waals surface area contributed by atoms with E-state index in [0.717, 1.165) is 28.7 Å². The van der Waals surface area contributed by atoms with E-state index in [9.17, 15) is 9.59 Å². The van der Waals surface area contributed by atoms with Crippen LogP contribution >= 0.6 is 0 Å². The standard InChI is InChI=1S/C22H22N4O2/c1-25-13-17(22(28)26-10-9-16-15(12-26)11-23-21(16)27)20-19(25)8-7-18(24-20)14-5-3-2-4-6-14/h2-8,13,15-16H,9-12H2,1H3,(H,23,27)/t15-,16+/m0/s1. The van der Waals surface area contributed by atoms with E-state index in [1.54, 1.807) is 0 Å². The SMILES string of the molecule is Cn1cc(C(=O)N2CC[C@H]3C(=O)NC[C@H]3C2)c2nc(-c3ccccc3)ccc21. The summed E-state index contributed by atoms with van der Waals surface area (Å²) < 4.78 is 1.96. The van der Waals surface area contributed by atoms with E-state index >= 15 is 0 Å². The van der Waals surface area contributed by atoms with E-state index in [2.05, 4.69) is 5.32 Å². The highest BCUT2D eigenvalue weighted by Gasteiger charge is 2.40. The Morgan fingerprint density at radius 2 is 2.00 bits per heavy atom. The number of pyridine rings is 1. The Hall–Kier alpha value is -3.15. The number of hydrogen-bond donors (Lipinski definition) is 1. The van der Waals surface area contributed by atoms with Crippen molar-refractivity contribution in [2.24, 2.45) is 18.9 Å². The zero-order chi connectivity index (χ0) is 19.3. The van der Waals surface area contributed by atoms with E-state index in [-0.39, 0.29) is 23.7 Å². The number of nitrogens with zero attached hydrogens (tertiary/aromatic N) is 3. The average Bonchev–Trinajstić information content (AvgIpc) is 3.27. The number of aromatic nitrogens is 2. The summed E-state index contributed by atoms with van der Waals surface area (Å²) in [5.74, 6) is 0.407. The maximum Gasteiger partial charge on any atom is 0.257 e. The normalized spacial score (nSPS) is 21.6. The predicted octanol–water partition coefficient (Wildman–Crippen LogP) is 2.45. The fourth-order valence-corrected chi connectivity index (χ4v) is 4.49. The van der Waals surface area contributed by atoms with Gasteiger partial charge >= 0.3 is 0 Å². The van der Waals surface area contributed by atoms with Gasteiger partial charge in [-0.1, -0.05) is 30.3 Å². The lowest BCUT2D eigenvalue weighted by molar-refractivity contribution is -0.123. The van der Waals surface area contributed by atoms with Crippen molar-refractivity contribution in [2.45, 2.75) is 6.42 Å². The van der Waals surface area contributed by atoms with Crippen LogP contribution in [-0.2, 0) is 11.8 Å². The number of likely N-dealkylation sites (tertiary alicyclic amines) is 1. The first-order chi connectivity index (χ1) is 13.6. The van der Waals surface area contributed by atoms with Crippen LogP contribution in [0, 0.1) is 11.8 Å². The Labute approximate surface area is 163 Å². The number of nitrogens with one attached hydrogen (secondary N) is 1. The molecule has 142 valence electrons. The third kappa shape index (κ3) is 2.68. The van der Waals surface area contributed by atoms with Crippen molar-refractivity contribution in [3.05, 3.63) is 54.2 Å². The summed E-state index contributed by atoms with van der Waals surface area (Å²) in [5, 5.41) is 2.93. The Morgan fingerprint density at radius 3 is 2.82 bits per heavy atom. The van der Waals surface area contributed by atoms with Crippen molar-refractivity contribution in [1.29, 1.82) is 0 Å². The van der Waals surface area contributed by atoms with Crippen molar-refractivity contribution in [2.75, 3.05) is 19.6 Å². The summed E-state index contributed by atoms with van der Waals surface area (Å²) in [6.07, 6.45) is 2.61. The Morgan fingerprint density at radius 1 is 1.18 bits per heavy atom. The number of rotatable bonds is 2. The predicted molar refractivity (Wildman–Crippen MR) is 107 cm³/mol. The summed E-state index contributed by atoms with van der Waals surface area (Å²) in [5.41, 5.74) is 4.19. The molecule has 0 spiro atoms. The number of aryl methyl sites for hydroxylation is 1. The van der Waals surface area contributed by atoms with Crippen molar-refractivity contribution < 1.29 is 9.59 Å². The van der Waals surface area contributed by atoms with Crippen LogP contribution in [0.4, 0.5) is 0 Å². The van der Waals surface area contributed by atoms with E-state index in [0.29, 0.717) is 25.2 Å². The van der Waals surface area contributed by atoms with Crippen LogP contribution < -0.4 is 5.32 Å². The van der Waals surface area contributed by atoms with Gasteiger partial charge in [0.05, 0.1) is 16.8 Å². The monoisotopic (exact) mass is 374 g/mol. The van der Waals surface area contributed by atoms with Gasteiger partial charge in [0, 0.05) is 50.3 Å². The molecule has 2 aliphatic rings. The maximum absolute atomic E-state index is 13.3. The Balaban J connectivity index is 1.50. The maximum atomic E-state index is 13.3. The Kier molecular flexibility index (Phi) is 3.93. The lowest BCUT2D eigenvalue weighted by Gasteiger charge is -2.33. The van der Waals surface area contributed by atoms with Gasteiger partial charge in [-0.15, -0.1) is 0 Å². The molecule has 4 heterocycles. The van der Waals surface area contributed by atoms with Gasteiger partial charge < -0.3 is 14.8 Å². The smallest absolute Gasteiger partial charge is 0.257 e. The van der Waals surface area contributed by atoms with E-state index in [4.69, 9.17) is 4.98 Å². The zero-order valence-corrected chi connectivity index (χ0v) is 15.8. The number of carbonyl (C=O) groups is 2. The van der Waals surface area contributed by atoms with Gasteiger partial charge in [-0.25, -0.2) is 4.98 Å². The number of amides is 2. The van der Waals surface area contributed by atoms with Gasteiger partial charge in [0.1, 0.15) is 5.52 Å². The van der Waals surface area contributed by atoms with E-state index in [1.807, 2.05) is 65.2 Å². The molecule has 0 radical (unpaired) electrons. The minimum Gasteiger partial charge on any atom is -0.355 e.